The highest BCUT2D eigenvalue weighted by Crippen LogP contribution is 2.21. The molecule has 12 heavy (non-hydrogen) atoms. The maximum Gasteiger partial charge on any atom is 0.307 e. The summed E-state index contributed by atoms with van der Waals surface area (Å²) in [5.74, 6) is -0.837. The molecule has 0 radical (unpaired) electrons. The molecule has 0 bridgehead atoms. The highest BCUT2D eigenvalue weighted by atomic mass is 79.9. The van der Waals surface area contributed by atoms with Gasteiger partial charge in [-0.05, 0) is 23.8 Å². The molecule has 0 heterocycles. The Morgan fingerprint density at radius 2 is 2.17 bits per heavy atom. The van der Waals surface area contributed by atoms with Crippen molar-refractivity contribution in [2.45, 2.75) is 6.42 Å². The van der Waals surface area contributed by atoms with Crippen molar-refractivity contribution in [1.29, 1.82) is 0 Å². The molecule has 2 N–H and O–H groups in total. The molecule has 0 unspecified atom stereocenters. The van der Waals surface area contributed by atoms with Crippen LogP contribution in [-0.2, 0) is 11.2 Å². The largest absolute Gasteiger partial charge is 0.508 e. The summed E-state index contributed by atoms with van der Waals surface area (Å²) >= 11 is 3.18. The number of hydrogen-bond donors (Lipinski definition) is 2. The molecule has 0 saturated heterocycles. The average Bonchev–Trinajstić information content (AvgIpc) is 1.96. The van der Waals surface area contributed by atoms with E-state index in [1.807, 2.05) is 0 Å². The zero-order valence-corrected chi connectivity index (χ0v) is 7.71. The number of carboxylic acid groups (broad SMARTS) is 1. The Balaban J connectivity index is 2.97. The molecule has 0 aromatic heterocycles. The van der Waals surface area contributed by atoms with Gasteiger partial charge in [-0.2, -0.15) is 0 Å². The van der Waals surface area contributed by atoms with E-state index in [1.54, 1.807) is 6.07 Å². The predicted octanol–water partition coefficient (Wildman–Crippen LogP) is 1.78. The molecular weight excluding hydrogens is 224 g/mol. The van der Waals surface area contributed by atoms with E-state index >= 15 is 0 Å². The van der Waals surface area contributed by atoms with E-state index in [9.17, 15) is 4.79 Å². The molecule has 0 amide bonds. The van der Waals surface area contributed by atoms with Crippen molar-refractivity contribution in [3.05, 3.63) is 28.2 Å². The number of hydrogen-bond acceptors (Lipinski definition) is 2. The number of aliphatic carboxylic acids is 1. The highest BCUT2D eigenvalue weighted by molar-refractivity contribution is 9.10. The lowest BCUT2D eigenvalue weighted by Gasteiger charge is -2.00. The van der Waals surface area contributed by atoms with Gasteiger partial charge in [-0.25, -0.2) is 0 Å². The third-order valence-corrected chi connectivity index (χ3v) is 2.14. The Morgan fingerprint density at radius 3 is 2.75 bits per heavy atom. The third kappa shape index (κ3) is 2.23. The van der Waals surface area contributed by atoms with E-state index in [1.165, 1.54) is 12.1 Å². The normalized spacial score (nSPS) is 9.75. The number of phenolic OH excluding ortho intramolecular Hbond substituents is 1. The summed E-state index contributed by atoms with van der Waals surface area (Å²) in [6, 6.07) is 4.54. The van der Waals surface area contributed by atoms with Gasteiger partial charge in [0.2, 0.25) is 0 Å². The number of rotatable bonds is 2. The van der Waals surface area contributed by atoms with Crippen LogP contribution >= 0.6 is 15.9 Å². The zero-order valence-electron chi connectivity index (χ0n) is 6.12. The van der Waals surface area contributed by atoms with Crippen molar-refractivity contribution < 1.29 is 15.0 Å². The average molecular weight is 231 g/mol. The zero-order chi connectivity index (χ0) is 9.14. The van der Waals surface area contributed by atoms with Crippen LogP contribution in [0, 0.1) is 0 Å². The maximum atomic E-state index is 10.3. The third-order valence-electron chi connectivity index (χ3n) is 1.37. The number of benzene rings is 1. The highest BCUT2D eigenvalue weighted by Gasteiger charge is 2.05. The lowest BCUT2D eigenvalue weighted by atomic mass is 10.1. The van der Waals surface area contributed by atoms with Crippen LogP contribution in [0.4, 0.5) is 0 Å². The second kappa shape index (κ2) is 3.58. The van der Waals surface area contributed by atoms with E-state index in [0.717, 1.165) is 0 Å². The topological polar surface area (TPSA) is 57.5 Å². The Bertz CT molecular complexity index is 309. The van der Waals surface area contributed by atoms with Crippen LogP contribution in [0.25, 0.3) is 0 Å². The molecule has 1 aromatic carbocycles. The standard InChI is InChI=1S/C8H7BrO3/c9-7-2-1-6(10)3-5(7)4-8(11)12/h1-3,10H,4H2,(H,11,12). The van der Waals surface area contributed by atoms with Crippen LogP contribution in [0.15, 0.2) is 22.7 Å². The van der Waals surface area contributed by atoms with Gasteiger partial charge in [0.25, 0.3) is 0 Å². The minimum absolute atomic E-state index is 0.0782. The second-order valence-electron chi connectivity index (χ2n) is 2.35. The molecule has 0 atom stereocenters. The van der Waals surface area contributed by atoms with Gasteiger partial charge in [0.05, 0.1) is 6.42 Å². The Morgan fingerprint density at radius 1 is 1.50 bits per heavy atom. The summed E-state index contributed by atoms with van der Waals surface area (Å²) in [6.45, 7) is 0. The molecule has 0 fully saturated rings. The fraction of sp³-hybridized carbons (Fsp3) is 0.125. The molecule has 64 valence electrons. The first-order valence-electron chi connectivity index (χ1n) is 3.29. The van der Waals surface area contributed by atoms with Gasteiger partial charge in [-0.3, -0.25) is 4.79 Å². The summed E-state index contributed by atoms with van der Waals surface area (Å²) in [5, 5.41) is 17.5. The minimum Gasteiger partial charge on any atom is -0.508 e. The van der Waals surface area contributed by atoms with Gasteiger partial charge in [0, 0.05) is 4.47 Å². The van der Waals surface area contributed by atoms with Crippen LogP contribution in [-0.4, -0.2) is 16.2 Å². The SMILES string of the molecule is O=C(O)Cc1cc(O)ccc1Br. The summed E-state index contributed by atoms with van der Waals surface area (Å²) < 4.78 is 0.697. The lowest BCUT2D eigenvalue weighted by Crippen LogP contribution is -2.00. The van der Waals surface area contributed by atoms with Gasteiger partial charge in [-0.15, -0.1) is 0 Å². The van der Waals surface area contributed by atoms with Crippen LogP contribution in [0.1, 0.15) is 5.56 Å². The monoisotopic (exact) mass is 230 g/mol. The maximum absolute atomic E-state index is 10.3. The van der Waals surface area contributed by atoms with Gasteiger partial charge in [-0.1, -0.05) is 15.9 Å². The van der Waals surface area contributed by atoms with E-state index in [4.69, 9.17) is 10.2 Å². The molecule has 0 spiro atoms. The minimum atomic E-state index is -0.915. The first-order valence-corrected chi connectivity index (χ1v) is 4.08. The lowest BCUT2D eigenvalue weighted by molar-refractivity contribution is -0.136. The fourth-order valence-corrected chi connectivity index (χ4v) is 1.25. The van der Waals surface area contributed by atoms with Crippen molar-refractivity contribution in [3.63, 3.8) is 0 Å². The first kappa shape index (κ1) is 9.06. The molecular formula is C8H7BrO3. The first-order chi connectivity index (χ1) is 5.59. The van der Waals surface area contributed by atoms with Crippen LogP contribution in [0.3, 0.4) is 0 Å². The van der Waals surface area contributed by atoms with Crippen LogP contribution < -0.4 is 0 Å². The quantitative estimate of drug-likeness (QED) is 0.815. The van der Waals surface area contributed by atoms with Gasteiger partial charge in [0.1, 0.15) is 5.75 Å². The Kier molecular flexibility index (Phi) is 2.70. The van der Waals surface area contributed by atoms with E-state index < -0.39 is 5.97 Å². The van der Waals surface area contributed by atoms with Crippen molar-refractivity contribution >= 4 is 21.9 Å². The van der Waals surface area contributed by atoms with Crippen molar-refractivity contribution in [2.24, 2.45) is 0 Å². The smallest absolute Gasteiger partial charge is 0.307 e. The van der Waals surface area contributed by atoms with Crippen molar-refractivity contribution in [1.82, 2.24) is 0 Å². The molecule has 0 aliphatic carbocycles. The molecule has 3 nitrogen and oxygen atoms in total. The Hall–Kier alpha value is -1.03. The summed E-state index contributed by atoms with van der Waals surface area (Å²) in [6.07, 6.45) is -0.0883. The van der Waals surface area contributed by atoms with Crippen LogP contribution in [0.5, 0.6) is 5.75 Å². The van der Waals surface area contributed by atoms with Crippen molar-refractivity contribution in [3.8, 4) is 5.75 Å². The number of carbonyl (C=O) groups is 1. The fourth-order valence-electron chi connectivity index (χ4n) is 0.860. The van der Waals surface area contributed by atoms with Crippen LogP contribution in [0.2, 0.25) is 0 Å². The summed E-state index contributed by atoms with van der Waals surface area (Å²) in [4.78, 5) is 10.3. The molecule has 4 heteroatoms. The number of carboxylic acids is 1. The molecule has 0 saturated carbocycles. The van der Waals surface area contributed by atoms with E-state index in [-0.39, 0.29) is 12.2 Å². The number of halogens is 1. The van der Waals surface area contributed by atoms with E-state index in [2.05, 4.69) is 15.9 Å². The predicted molar refractivity (Wildman–Crippen MR) is 47.1 cm³/mol. The number of phenols is 1. The molecule has 0 aliphatic heterocycles. The van der Waals surface area contributed by atoms with Gasteiger partial charge >= 0.3 is 5.97 Å². The van der Waals surface area contributed by atoms with E-state index in [0.29, 0.717) is 10.0 Å². The van der Waals surface area contributed by atoms with Gasteiger partial charge < -0.3 is 10.2 Å². The molecule has 1 aromatic rings. The Labute approximate surface area is 77.8 Å². The second-order valence-corrected chi connectivity index (χ2v) is 3.20. The van der Waals surface area contributed by atoms with Crippen molar-refractivity contribution in [2.75, 3.05) is 0 Å². The number of aromatic hydroxyl groups is 1. The summed E-state index contributed by atoms with van der Waals surface area (Å²) in [7, 11) is 0. The molecule has 1 rings (SSSR count). The van der Waals surface area contributed by atoms with Gasteiger partial charge in [0.15, 0.2) is 0 Å². The summed E-state index contributed by atoms with van der Waals surface area (Å²) in [5.41, 5.74) is 0.572. The molecule has 0 aliphatic rings.